The molecular weight excluding hydrogens is 322 g/mol. The van der Waals surface area contributed by atoms with Crippen molar-refractivity contribution in [3.05, 3.63) is 61.1 Å². The Bertz CT molecular complexity index is 1010. The van der Waals surface area contributed by atoms with Crippen LogP contribution in [0, 0.1) is 0 Å². The molecular formula is C16H13N7O2. The van der Waals surface area contributed by atoms with Gasteiger partial charge in [0.15, 0.2) is 11.3 Å². The summed E-state index contributed by atoms with van der Waals surface area (Å²) in [4.78, 5) is 16.7. The molecule has 4 rings (SSSR count). The minimum atomic E-state index is -0.357. The van der Waals surface area contributed by atoms with E-state index in [4.69, 9.17) is 4.74 Å². The molecule has 9 heteroatoms. The maximum atomic E-state index is 12.5. The van der Waals surface area contributed by atoms with E-state index in [9.17, 15) is 4.79 Å². The molecule has 0 fully saturated rings. The summed E-state index contributed by atoms with van der Waals surface area (Å²) in [7, 11) is 1.54. The summed E-state index contributed by atoms with van der Waals surface area (Å²) in [5.41, 5.74) is 2.16. The number of ether oxygens (including phenoxy) is 1. The van der Waals surface area contributed by atoms with Crippen LogP contribution >= 0.6 is 0 Å². The van der Waals surface area contributed by atoms with E-state index in [1.807, 2.05) is 6.07 Å². The van der Waals surface area contributed by atoms with Gasteiger partial charge in [-0.2, -0.15) is 5.10 Å². The topological polar surface area (TPSA) is 99.2 Å². The average molecular weight is 335 g/mol. The summed E-state index contributed by atoms with van der Waals surface area (Å²) >= 11 is 0. The van der Waals surface area contributed by atoms with E-state index in [0.717, 1.165) is 5.69 Å². The van der Waals surface area contributed by atoms with E-state index >= 15 is 0 Å². The number of anilines is 1. The van der Waals surface area contributed by atoms with Crippen LogP contribution in [0.4, 0.5) is 5.69 Å². The third-order valence-corrected chi connectivity index (χ3v) is 3.62. The molecule has 25 heavy (non-hydrogen) atoms. The highest BCUT2D eigenvalue weighted by molar-refractivity contribution is 6.04. The summed E-state index contributed by atoms with van der Waals surface area (Å²) in [6.07, 6.45) is 6.51. The highest BCUT2D eigenvalue weighted by Crippen LogP contribution is 2.27. The average Bonchev–Trinajstić information content (AvgIpc) is 3.31. The lowest BCUT2D eigenvalue weighted by Gasteiger charge is -2.11. The molecule has 0 saturated carbocycles. The Labute approximate surface area is 141 Å². The van der Waals surface area contributed by atoms with Gasteiger partial charge in [0.2, 0.25) is 0 Å². The quantitative estimate of drug-likeness (QED) is 0.608. The minimum absolute atomic E-state index is 0.260. The first-order valence-corrected chi connectivity index (χ1v) is 7.39. The van der Waals surface area contributed by atoms with E-state index in [1.165, 1.54) is 7.11 Å². The molecule has 1 N–H and O–H groups in total. The molecule has 124 valence electrons. The maximum Gasteiger partial charge on any atom is 0.276 e. The molecule has 4 aromatic rings. The molecule has 0 unspecified atom stereocenters. The number of rotatable bonds is 4. The van der Waals surface area contributed by atoms with Gasteiger partial charge in [-0.25, -0.2) is 9.50 Å². The van der Waals surface area contributed by atoms with Crippen LogP contribution in [0.3, 0.4) is 0 Å². The Morgan fingerprint density at radius 2 is 2.04 bits per heavy atom. The second-order valence-electron chi connectivity index (χ2n) is 5.16. The van der Waals surface area contributed by atoms with Crippen molar-refractivity contribution in [2.24, 2.45) is 0 Å². The normalized spacial score (nSPS) is 10.8. The number of benzene rings is 1. The van der Waals surface area contributed by atoms with Crippen molar-refractivity contribution in [1.29, 1.82) is 0 Å². The zero-order valence-corrected chi connectivity index (χ0v) is 13.2. The van der Waals surface area contributed by atoms with Gasteiger partial charge >= 0.3 is 0 Å². The van der Waals surface area contributed by atoms with Gasteiger partial charge < -0.3 is 10.1 Å². The Kier molecular flexibility index (Phi) is 3.58. The van der Waals surface area contributed by atoms with E-state index in [-0.39, 0.29) is 11.6 Å². The number of fused-ring (bicyclic) bond motifs is 1. The largest absolute Gasteiger partial charge is 0.495 e. The van der Waals surface area contributed by atoms with Gasteiger partial charge in [0, 0.05) is 18.5 Å². The minimum Gasteiger partial charge on any atom is -0.495 e. The summed E-state index contributed by atoms with van der Waals surface area (Å²) in [5, 5.41) is 14.6. The molecule has 0 aliphatic carbocycles. The number of hydrogen-bond donors (Lipinski definition) is 1. The fraction of sp³-hybridized carbons (Fsp3) is 0.0625. The fourth-order valence-corrected chi connectivity index (χ4v) is 2.42. The van der Waals surface area contributed by atoms with Crippen LogP contribution in [0.25, 0.3) is 11.3 Å². The third-order valence-electron chi connectivity index (χ3n) is 3.62. The zero-order valence-electron chi connectivity index (χ0n) is 13.2. The van der Waals surface area contributed by atoms with Crippen molar-refractivity contribution in [1.82, 2.24) is 29.4 Å². The van der Waals surface area contributed by atoms with Gasteiger partial charge in [-0.3, -0.25) is 9.36 Å². The van der Waals surface area contributed by atoms with Gasteiger partial charge in [0.25, 0.3) is 5.91 Å². The van der Waals surface area contributed by atoms with Gasteiger partial charge in [0.1, 0.15) is 18.4 Å². The SMILES string of the molecule is COc1ccc(-n2cnnc2)cc1NC(=O)c1cc2ncccn2n1. The number of carbonyl (C=O) groups excluding carboxylic acids is 1. The molecule has 9 nitrogen and oxygen atoms in total. The molecule has 0 bridgehead atoms. The summed E-state index contributed by atoms with van der Waals surface area (Å²) in [6, 6.07) is 8.73. The number of methoxy groups -OCH3 is 1. The molecule has 1 amide bonds. The summed E-state index contributed by atoms with van der Waals surface area (Å²) < 4.78 is 8.59. The number of nitrogens with zero attached hydrogens (tertiary/aromatic N) is 6. The molecule has 3 heterocycles. The van der Waals surface area contributed by atoms with Gasteiger partial charge in [-0.05, 0) is 24.3 Å². The van der Waals surface area contributed by atoms with Crippen molar-refractivity contribution in [2.75, 3.05) is 12.4 Å². The van der Waals surface area contributed by atoms with E-state index < -0.39 is 0 Å². The molecule has 0 saturated heterocycles. The first-order chi connectivity index (χ1) is 12.2. The zero-order chi connectivity index (χ0) is 17.2. The van der Waals surface area contributed by atoms with Crippen LogP contribution < -0.4 is 10.1 Å². The lowest BCUT2D eigenvalue weighted by Crippen LogP contribution is -2.13. The number of hydrogen-bond acceptors (Lipinski definition) is 6. The molecule has 3 aromatic heterocycles. The predicted molar refractivity (Wildman–Crippen MR) is 88.9 cm³/mol. The van der Waals surface area contributed by atoms with Crippen LogP contribution in [0.15, 0.2) is 55.4 Å². The monoisotopic (exact) mass is 335 g/mol. The molecule has 0 atom stereocenters. The molecule has 0 aliphatic rings. The van der Waals surface area contributed by atoms with Crippen molar-refractivity contribution >= 4 is 17.2 Å². The number of nitrogens with one attached hydrogen (secondary N) is 1. The van der Waals surface area contributed by atoms with E-state index in [1.54, 1.807) is 58.4 Å². The molecule has 0 spiro atoms. The van der Waals surface area contributed by atoms with Crippen LogP contribution in [0.5, 0.6) is 5.75 Å². The smallest absolute Gasteiger partial charge is 0.276 e. The summed E-state index contributed by atoms with van der Waals surface area (Å²) in [5.74, 6) is 0.178. The van der Waals surface area contributed by atoms with Gasteiger partial charge in [-0.15, -0.1) is 10.2 Å². The van der Waals surface area contributed by atoms with Crippen molar-refractivity contribution in [2.45, 2.75) is 0 Å². The Hall–Kier alpha value is -3.75. The van der Waals surface area contributed by atoms with Crippen molar-refractivity contribution in [3.63, 3.8) is 0 Å². The highest BCUT2D eigenvalue weighted by Gasteiger charge is 2.14. The third kappa shape index (κ3) is 2.78. The first-order valence-electron chi connectivity index (χ1n) is 7.39. The fourth-order valence-electron chi connectivity index (χ4n) is 2.42. The molecule has 0 aliphatic heterocycles. The van der Waals surface area contributed by atoms with Gasteiger partial charge in [-0.1, -0.05) is 0 Å². The second-order valence-corrected chi connectivity index (χ2v) is 5.16. The van der Waals surface area contributed by atoms with Crippen LogP contribution in [-0.4, -0.2) is 42.4 Å². The van der Waals surface area contributed by atoms with Crippen molar-refractivity contribution < 1.29 is 9.53 Å². The van der Waals surface area contributed by atoms with Gasteiger partial charge in [0.05, 0.1) is 18.5 Å². The number of aromatic nitrogens is 6. The second kappa shape index (κ2) is 6.04. The van der Waals surface area contributed by atoms with E-state index in [0.29, 0.717) is 17.1 Å². The van der Waals surface area contributed by atoms with Crippen LogP contribution in [-0.2, 0) is 0 Å². The Morgan fingerprint density at radius 3 is 2.80 bits per heavy atom. The Morgan fingerprint density at radius 1 is 1.20 bits per heavy atom. The number of amides is 1. The lowest BCUT2D eigenvalue weighted by molar-refractivity contribution is 0.102. The predicted octanol–water partition coefficient (Wildman–Crippen LogP) is 1.57. The van der Waals surface area contributed by atoms with Crippen LogP contribution in [0.1, 0.15) is 10.5 Å². The first kappa shape index (κ1) is 14.8. The highest BCUT2D eigenvalue weighted by atomic mass is 16.5. The lowest BCUT2D eigenvalue weighted by atomic mass is 10.2. The summed E-state index contributed by atoms with van der Waals surface area (Å²) in [6.45, 7) is 0. The molecule has 0 radical (unpaired) electrons. The van der Waals surface area contributed by atoms with E-state index in [2.05, 4.69) is 25.6 Å². The maximum absolute atomic E-state index is 12.5. The standard InChI is InChI=1S/C16H13N7O2/c1-25-14-4-3-11(22-9-18-19-10-22)7-12(14)20-16(24)13-8-15-17-5-2-6-23(15)21-13/h2-10H,1H3,(H,20,24). The Balaban J connectivity index is 1.66. The molecule has 1 aromatic carbocycles. The van der Waals surface area contributed by atoms with Crippen molar-refractivity contribution in [3.8, 4) is 11.4 Å². The number of carbonyl (C=O) groups is 1. The van der Waals surface area contributed by atoms with Crippen LogP contribution in [0.2, 0.25) is 0 Å².